The summed E-state index contributed by atoms with van der Waals surface area (Å²) >= 11 is 1.61. The van der Waals surface area contributed by atoms with E-state index in [1.165, 1.54) is 4.88 Å². The Balaban J connectivity index is 1.61. The van der Waals surface area contributed by atoms with E-state index in [2.05, 4.69) is 16.0 Å². The van der Waals surface area contributed by atoms with E-state index < -0.39 is 0 Å². The molecule has 1 aliphatic rings. The number of para-hydroxylation sites is 1. The molecule has 0 atom stereocenters. The zero-order valence-corrected chi connectivity index (χ0v) is 14.0. The number of aromatic nitrogens is 1. The highest BCUT2D eigenvalue weighted by atomic mass is 32.1. The fourth-order valence-electron chi connectivity index (χ4n) is 2.84. The van der Waals surface area contributed by atoms with E-state index in [9.17, 15) is 5.11 Å². The molecule has 0 spiro atoms. The van der Waals surface area contributed by atoms with Gasteiger partial charge in [-0.3, -0.25) is 4.90 Å². The van der Waals surface area contributed by atoms with E-state index in [0.717, 1.165) is 43.7 Å². The first-order valence-corrected chi connectivity index (χ1v) is 8.48. The second-order valence-electron chi connectivity index (χ2n) is 5.52. The number of nitrogens with zero attached hydrogens (tertiary/aromatic N) is 2. The van der Waals surface area contributed by atoms with Gasteiger partial charge in [-0.25, -0.2) is 4.98 Å². The molecule has 0 saturated heterocycles. The number of methoxy groups -OCH3 is 1. The van der Waals surface area contributed by atoms with Crippen molar-refractivity contribution in [1.82, 2.24) is 9.88 Å². The van der Waals surface area contributed by atoms with Gasteiger partial charge in [-0.05, 0) is 12.5 Å². The summed E-state index contributed by atoms with van der Waals surface area (Å²) in [4.78, 5) is 8.14. The Bertz CT molecular complexity index is 686. The van der Waals surface area contributed by atoms with Crippen molar-refractivity contribution in [2.45, 2.75) is 12.8 Å². The third-order valence-corrected chi connectivity index (χ3v) is 4.99. The lowest BCUT2D eigenvalue weighted by molar-refractivity contribution is 0.318. The molecule has 0 radical (unpaired) electrons. The first-order chi connectivity index (χ1) is 11.2. The molecule has 1 aromatic carbocycles. The Morgan fingerprint density at radius 1 is 1.39 bits per heavy atom. The summed E-state index contributed by atoms with van der Waals surface area (Å²) < 4.78 is 5.25. The van der Waals surface area contributed by atoms with E-state index in [4.69, 9.17) is 10.5 Å². The number of hydrogen-bond donors (Lipinski definition) is 2. The van der Waals surface area contributed by atoms with Gasteiger partial charge < -0.3 is 15.6 Å². The minimum absolute atomic E-state index is 0.164. The van der Waals surface area contributed by atoms with Crippen LogP contribution >= 0.6 is 11.3 Å². The summed E-state index contributed by atoms with van der Waals surface area (Å²) in [5.41, 5.74) is 7.82. The van der Waals surface area contributed by atoms with Crippen LogP contribution in [0.1, 0.15) is 16.1 Å². The summed E-state index contributed by atoms with van der Waals surface area (Å²) in [5.74, 6) is 0.680. The number of thiazole rings is 1. The van der Waals surface area contributed by atoms with Gasteiger partial charge in [-0.1, -0.05) is 24.3 Å². The van der Waals surface area contributed by atoms with Gasteiger partial charge in [0, 0.05) is 36.5 Å². The average Bonchev–Trinajstić information content (AvgIpc) is 2.79. The van der Waals surface area contributed by atoms with Crippen LogP contribution in [-0.4, -0.2) is 41.7 Å². The Morgan fingerprint density at radius 3 is 3.04 bits per heavy atom. The van der Waals surface area contributed by atoms with Crippen molar-refractivity contribution in [1.29, 1.82) is 0 Å². The molecule has 0 fully saturated rings. The van der Waals surface area contributed by atoms with E-state index in [1.807, 2.05) is 18.2 Å². The van der Waals surface area contributed by atoms with Gasteiger partial charge in [0.25, 0.3) is 0 Å². The lowest BCUT2D eigenvalue weighted by Crippen LogP contribution is -2.26. The van der Waals surface area contributed by atoms with Crippen LogP contribution in [0.25, 0.3) is 6.08 Å². The van der Waals surface area contributed by atoms with Crippen molar-refractivity contribution in [2.75, 3.05) is 32.5 Å². The summed E-state index contributed by atoms with van der Waals surface area (Å²) in [6.07, 6.45) is 6.06. The maximum absolute atomic E-state index is 9.79. The highest BCUT2D eigenvalue weighted by Gasteiger charge is 2.16. The molecule has 0 saturated carbocycles. The van der Waals surface area contributed by atoms with Crippen LogP contribution in [0, 0.1) is 0 Å². The van der Waals surface area contributed by atoms with Crippen LogP contribution in [0.4, 0.5) is 5.13 Å². The molecule has 1 aromatic heterocycles. The van der Waals surface area contributed by atoms with Crippen molar-refractivity contribution in [2.24, 2.45) is 0 Å². The summed E-state index contributed by atoms with van der Waals surface area (Å²) in [7, 11) is 1.57. The second-order valence-corrected chi connectivity index (χ2v) is 6.64. The highest BCUT2D eigenvalue weighted by Crippen LogP contribution is 2.30. The molecule has 3 rings (SSSR count). The number of ether oxygens (including phenoxy) is 1. The zero-order valence-electron chi connectivity index (χ0n) is 13.2. The van der Waals surface area contributed by atoms with Crippen molar-refractivity contribution in [3.63, 3.8) is 0 Å². The van der Waals surface area contributed by atoms with E-state index >= 15 is 0 Å². The normalized spacial score (nSPS) is 15.5. The van der Waals surface area contributed by atoms with E-state index in [0.29, 0.717) is 10.9 Å². The molecule has 1 aliphatic heterocycles. The van der Waals surface area contributed by atoms with Crippen LogP contribution in [0.5, 0.6) is 11.5 Å². The third-order valence-electron chi connectivity index (χ3n) is 4.00. The van der Waals surface area contributed by atoms with Gasteiger partial charge in [-0.15, -0.1) is 11.3 Å². The quantitative estimate of drug-likeness (QED) is 0.901. The molecular formula is C17H21N3O2S. The van der Waals surface area contributed by atoms with Crippen molar-refractivity contribution >= 4 is 22.5 Å². The first kappa shape index (κ1) is 15.8. The SMILES string of the molecule is COc1c(O)cccc1C=CCN1CCc2nc(N)sc2CC1. The molecule has 2 aromatic rings. The molecule has 0 aliphatic carbocycles. The number of aromatic hydroxyl groups is 1. The second kappa shape index (κ2) is 7.02. The molecule has 3 N–H and O–H groups in total. The number of hydrogen-bond acceptors (Lipinski definition) is 6. The third kappa shape index (κ3) is 3.65. The molecule has 23 heavy (non-hydrogen) atoms. The number of rotatable bonds is 4. The number of fused-ring (bicyclic) bond motifs is 1. The predicted octanol–water partition coefficient (Wildman–Crippen LogP) is 2.55. The molecular weight excluding hydrogens is 310 g/mol. The zero-order chi connectivity index (χ0) is 16.2. The van der Waals surface area contributed by atoms with Crippen molar-refractivity contribution < 1.29 is 9.84 Å². The van der Waals surface area contributed by atoms with Gasteiger partial charge in [0.05, 0.1) is 12.8 Å². The predicted molar refractivity (Wildman–Crippen MR) is 94.1 cm³/mol. The van der Waals surface area contributed by atoms with E-state index in [-0.39, 0.29) is 5.75 Å². The Labute approximate surface area is 140 Å². The number of benzene rings is 1. The monoisotopic (exact) mass is 331 g/mol. The fraction of sp³-hybridized carbons (Fsp3) is 0.353. The van der Waals surface area contributed by atoms with Gasteiger partial charge in [-0.2, -0.15) is 0 Å². The first-order valence-electron chi connectivity index (χ1n) is 7.66. The number of phenolic OH excluding ortho intramolecular Hbond substituents is 1. The summed E-state index contributed by atoms with van der Waals surface area (Å²) in [5, 5.41) is 10.5. The topological polar surface area (TPSA) is 71.6 Å². The minimum Gasteiger partial charge on any atom is -0.504 e. The summed E-state index contributed by atoms with van der Waals surface area (Å²) in [6.45, 7) is 2.86. The molecule has 122 valence electrons. The standard InChI is InChI=1S/C17H21N3O2S/c1-22-16-12(4-2-6-14(16)21)5-3-9-20-10-7-13-15(8-11-20)23-17(18)19-13/h2-6,21H,7-11H2,1H3,(H2,18,19). The molecule has 2 heterocycles. The van der Waals surface area contributed by atoms with Crippen LogP contribution in [-0.2, 0) is 12.8 Å². The van der Waals surface area contributed by atoms with Crippen LogP contribution in [0.15, 0.2) is 24.3 Å². The largest absolute Gasteiger partial charge is 0.504 e. The molecule has 5 nitrogen and oxygen atoms in total. The van der Waals surface area contributed by atoms with Crippen molar-refractivity contribution in [3.8, 4) is 11.5 Å². The van der Waals surface area contributed by atoms with Gasteiger partial charge in [0.2, 0.25) is 0 Å². The Hall–Kier alpha value is -2.05. The van der Waals surface area contributed by atoms with Crippen LogP contribution in [0.3, 0.4) is 0 Å². The number of nitrogens with two attached hydrogens (primary N) is 1. The lowest BCUT2D eigenvalue weighted by Gasteiger charge is -2.17. The Morgan fingerprint density at radius 2 is 2.22 bits per heavy atom. The number of nitrogen functional groups attached to an aromatic ring is 1. The van der Waals surface area contributed by atoms with E-state index in [1.54, 1.807) is 24.5 Å². The maximum Gasteiger partial charge on any atom is 0.180 e. The average molecular weight is 331 g/mol. The summed E-state index contributed by atoms with van der Waals surface area (Å²) in [6, 6.07) is 5.38. The lowest BCUT2D eigenvalue weighted by atomic mass is 10.1. The van der Waals surface area contributed by atoms with Gasteiger partial charge in [0.15, 0.2) is 16.6 Å². The van der Waals surface area contributed by atoms with Gasteiger partial charge in [0.1, 0.15) is 0 Å². The van der Waals surface area contributed by atoms with Crippen molar-refractivity contribution in [3.05, 3.63) is 40.4 Å². The van der Waals surface area contributed by atoms with Crippen LogP contribution < -0.4 is 10.5 Å². The minimum atomic E-state index is 0.164. The number of phenols is 1. The van der Waals surface area contributed by atoms with Gasteiger partial charge >= 0.3 is 0 Å². The fourth-order valence-corrected chi connectivity index (χ4v) is 3.70. The molecule has 0 amide bonds. The maximum atomic E-state index is 9.79. The molecule has 0 unspecified atom stereocenters. The molecule has 0 bridgehead atoms. The highest BCUT2D eigenvalue weighted by molar-refractivity contribution is 7.15. The smallest absolute Gasteiger partial charge is 0.180 e. The Kier molecular flexibility index (Phi) is 4.83. The molecule has 6 heteroatoms. The van der Waals surface area contributed by atoms with Crippen LogP contribution in [0.2, 0.25) is 0 Å². The number of anilines is 1.